The minimum absolute atomic E-state index is 0.0915. The third-order valence-corrected chi connectivity index (χ3v) is 2.66. The zero-order valence-corrected chi connectivity index (χ0v) is 11.1. The Morgan fingerprint density at radius 3 is 2.77 bits per heavy atom. The van der Waals surface area contributed by atoms with Gasteiger partial charge in [-0.2, -0.15) is 5.10 Å². The van der Waals surface area contributed by atoms with Crippen molar-refractivity contribution in [1.29, 1.82) is 0 Å². The Balaban J connectivity index is 2.08. The summed E-state index contributed by atoms with van der Waals surface area (Å²) in [4.78, 5) is 21.6. The molecule has 112 valence electrons. The normalized spacial score (nSPS) is 10.6. The van der Waals surface area contributed by atoms with Crippen LogP contribution in [-0.2, 0) is 0 Å². The molecule has 0 heterocycles. The number of phenolic OH excluding ortho intramolecular Hbond substituents is 1. The first-order chi connectivity index (χ1) is 10.5. The van der Waals surface area contributed by atoms with Crippen LogP contribution >= 0.6 is 0 Å². The van der Waals surface area contributed by atoms with Gasteiger partial charge in [0.2, 0.25) is 0 Å². The van der Waals surface area contributed by atoms with Gasteiger partial charge in [0.05, 0.1) is 11.1 Å². The standard InChI is InChI=1S/C14H10FN3O4/c15-11-3-1-2-10(7-11)14(20)17-16-8-9-4-5-13(19)12(6-9)18(21)22/h1-8,19H,(H,17,20)/b16-8+. The maximum absolute atomic E-state index is 13.0. The van der Waals surface area contributed by atoms with Gasteiger partial charge in [0, 0.05) is 17.2 Å². The highest BCUT2D eigenvalue weighted by Gasteiger charge is 2.12. The van der Waals surface area contributed by atoms with Crippen molar-refractivity contribution in [3.05, 3.63) is 69.5 Å². The summed E-state index contributed by atoms with van der Waals surface area (Å²) in [6.45, 7) is 0. The van der Waals surface area contributed by atoms with Crippen molar-refractivity contribution in [2.24, 2.45) is 5.10 Å². The Morgan fingerprint density at radius 2 is 2.09 bits per heavy atom. The second kappa shape index (κ2) is 6.44. The van der Waals surface area contributed by atoms with E-state index in [1.54, 1.807) is 0 Å². The van der Waals surface area contributed by atoms with Crippen LogP contribution in [0, 0.1) is 15.9 Å². The Hall–Kier alpha value is -3.29. The fourth-order valence-corrected chi connectivity index (χ4v) is 1.63. The zero-order valence-electron chi connectivity index (χ0n) is 11.1. The predicted octanol–water partition coefficient (Wildman–Crippen LogP) is 2.20. The summed E-state index contributed by atoms with van der Waals surface area (Å²) in [6, 6.07) is 8.70. The average molecular weight is 303 g/mol. The second-order valence-corrected chi connectivity index (χ2v) is 4.21. The molecule has 0 aliphatic heterocycles. The van der Waals surface area contributed by atoms with Crippen molar-refractivity contribution in [3.63, 3.8) is 0 Å². The Bertz CT molecular complexity index is 762. The second-order valence-electron chi connectivity index (χ2n) is 4.21. The van der Waals surface area contributed by atoms with Crippen LogP contribution in [0.1, 0.15) is 15.9 Å². The van der Waals surface area contributed by atoms with E-state index in [-0.39, 0.29) is 5.56 Å². The molecule has 0 spiro atoms. The molecule has 22 heavy (non-hydrogen) atoms. The molecule has 0 aliphatic carbocycles. The van der Waals surface area contributed by atoms with Gasteiger partial charge in [-0.05, 0) is 30.3 Å². The summed E-state index contributed by atoms with van der Waals surface area (Å²) in [5, 5.41) is 23.6. The van der Waals surface area contributed by atoms with Crippen LogP contribution in [0.4, 0.5) is 10.1 Å². The summed E-state index contributed by atoms with van der Waals surface area (Å²) in [7, 11) is 0. The molecule has 2 N–H and O–H groups in total. The van der Waals surface area contributed by atoms with Crippen molar-refractivity contribution in [2.75, 3.05) is 0 Å². The molecule has 7 nitrogen and oxygen atoms in total. The van der Waals surface area contributed by atoms with Gasteiger partial charge in [-0.3, -0.25) is 14.9 Å². The number of carbonyl (C=O) groups excluding carboxylic acids is 1. The third kappa shape index (κ3) is 3.63. The average Bonchev–Trinajstić information content (AvgIpc) is 2.48. The van der Waals surface area contributed by atoms with E-state index in [4.69, 9.17) is 0 Å². The van der Waals surface area contributed by atoms with E-state index in [1.807, 2.05) is 0 Å². The number of nitrogens with zero attached hydrogens (tertiary/aromatic N) is 2. The molecule has 1 amide bonds. The lowest BCUT2D eigenvalue weighted by Crippen LogP contribution is -2.17. The van der Waals surface area contributed by atoms with Crippen LogP contribution in [-0.4, -0.2) is 22.2 Å². The van der Waals surface area contributed by atoms with Gasteiger partial charge in [0.15, 0.2) is 5.75 Å². The number of halogens is 1. The number of aromatic hydroxyl groups is 1. The van der Waals surface area contributed by atoms with Gasteiger partial charge in [0.1, 0.15) is 5.82 Å². The van der Waals surface area contributed by atoms with Crippen molar-refractivity contribution in [1.82, 2.24) is 5.43 Å². The van der Waals surface area contributed by atoms with Gasteiger partial charge < -0.3 is 5.11 Å². The molecule has 0 saturated heterocycles. The van der Waals surface area contributed by atoms with Crippen molar-refractivity contribution < 1.29 is 19.2 Å². The molecule has 2 aromatic rings. The van der Waals surface area contributed by atoms with E-state index >= 15 is 0 Å². The number of nitro benzene ring substituents is 1. The van der Waals surface area contributed by atoms with Crippen LogP contribution in [0.15, 0.2) is 47.6 Å². The van der Waals surface area contributed by atoms with Crippen molar-refractivity contribution in [2.45, 2.75) is 0 Å². The first-order valence-electron chi connectivity index (χ1n) is 6.04. The summed E-state index contributed by atoms with van der Waals surface area (Å²) >= 11 is 0. The van der Waals surface area contributed by atoms with Gasteiger partial charge >= 0.3 is 5.69 Å². The summed E-state index contributed by atoms with van der Waals surface area (Å²) < 4.78 is 13.0. The van der Waals surface area contributed by atoms with E-state index in [2.05, 4.69) is 10.5 Å². The maximum atomic E-state index is 13.0. The summed E-state index contributed by atoms with van der Waals surface area (Å²) in [6.07, 6.45) is 1.17. The highest BCUT2D eigenvalue weighted by Crippen LogP contribution is 2.25. The highest BCUT2D eigenvalue weighted by atomic mass is 19.1. The number of phenols is 1. The van der Waals surface area contributed by atoms with E-state index in [0.717, 1.165) is 18.2 Å². The number of hydrogen-bond donors (Lipinski definition) is 2. The highest BCUT2D eigenvalue weighted by molar-refractivity contribution is 5.94. The molecule has 0 bridgehead atoms. The molecule has 0 aliphatic rings. The number of carbonyl (C=O) groups is 1. The number of amides is 1. The molecular formula is C14H10FN3O4. The van der Waals surface area contributed by atoms with Crippen LogP contribution in [0.5, 0.6) is 5.75 Å². The van der Waals surface area contributed by atoms with E-state index in [0.29, 0.717) is 5.56 Å². The number of rotatable bonds is 4. The van der Waals surface area contributed by atoms with Crippen molar-refractivity contribution in [3.8, 4) is 5.75 Å². The fraction of sp³-hybridized carbons (Fsp3) is 0. The topological polar surface area (TPSA) is 105 Å². The molecule has 0 saturated carbocycles. The Labute approximate surface area is 123 Å². The Kier molecular flexibility index (Phi) is 4.42. The van der Waals surface area contributed by atoms with E-state index < -0.39 is 28.1 Å². The van der Waals surface area contributed by atoms with E-state index in [9.17, 15) is 24.4 Å². The minimum atomic E-state index is -0.738. The first-order valence-corrected chi connectivity index (χ1v) is 6.04. The SMILES string of the molecule is O=C(N/N=C/c1ccc(O)c([N+](=O)[O-])c1)c1cccc(F)c1. The predicted molar refractivity (Wildman–Crippen MR) is 76.2 cm³/mol. The summed E-state index contributed by atoms with van der Waals surface area (Å²) in [5.41, 5.74) is 2.10. The molecular weight excluding hydrogens is 293 g/mol. The zero-order chi connectivity index (χ0) is 16.1. The molecule has 0 radical (unpaired) electrons. The van der Waals surface area contributed by atoms with Crippen LogP contribution < -0.4 is 5.43 Å². The minimum Gasteiger partial charge on any atom is -0.502 e. The van der Waals surface area contributed by atoms with Crippen LogP contribution in [0.25, 0.3) is 0 Å². The van der Waals surface area contributed by atoms with Gasteiger partial charge in [-0.15, -0.1) is 0 Å². The van der Waals surface area contributed by atoms with Crippen molar-refractivity contribution >= 4 is 17.8 Å². The van der Waals surface area contributed by atoms with E-state index in [1.165, 1.54) is 30.5 Å². The third-order valence-electron chi connectivity index (χ3n) is 2.66. The first kappa shape index (κ1) is 15.1. The maximum Gasteiger partial charge on any atom is 0.311 e. The van der Waals surface area contributed by atoms with Gasteiger partial charge in [-0.1, -0.05) is 6.07 Å². The lowest BCUT2D eigenvalue weighted by molar-refractivity contribution is -0.385. The molecule has 0 aromatic heterocycles. The lowest BCUT2D eigenvalue weighted by Gasteiger charge is -2.00. The molecule has 2 aromatic carbocycles. The fourth-order valence-electron chi connectivity index (χ4n) is 1.63. The quantitative estimate of drug-likeness (QED) is 0.513. The monoisotopic (exact) mass is 303 g/mol. The largest absolute Gasteiger partial charge is 0.502 e. The number of nitrogens with one attached hydrogen (secondary N) is 1. The number of hydrogen-bond acceptors (Lipinski definition) is 5. The van der Waals surface area contributed by atoms with Crippen LogP contribution in [0.3, 0.4) is 0 Å². The molecule has 0 fully saturated rings. The Morgan fingerprint density at radius 1 is 1.32 bits per heavy atom. The molecule has 2 rings (SSSR count). The van der Waals surface area contributed by atoms with Crippen LogP contribution in [0.2, 0.25) is 0 Å². The number of benzene rings is 2. The van der Waals surface area contributed by atoms with Gasteiger partial charge in [-0.25, -0.2) is 9.82 Å². The van der Waals surface area contributed by atoms with Gasteiger partial charge in [0.25, 0.3) is 5.91 Å². The molecule has 0 unspecified atom stereocenters. The molecule has 0 atom stereocenters. The smallest absolute Gasteiger partial charge is 0.311 e. The summed E-state index contributed by atoms with van der Waals surface area (Å²) in [5.74, 6) is -1.64. The molecule has 8 heteroatoms. The lowest BCUT2D eigenvalue weighted by atomic mass is 10.2. The number of nitro groups is 1. The number of hydrazone groups is 1.